The first-order chi connectivity index (χ1) is 5.22. The van der Waals surface area contributed by atoms with Crippen LogP contribution < -0.4 is 5.32 Å². The molecule has 2 rings (SSSR count). The van der Waals surface area contributed by atoms with Gasteiger partial charge >= 0.3 is 0 Å². The van der Waals surface area contributed by atoms with Gasteiger partial charge < -0.3 is 10.1 Å². The number of nitrogens with one attached hydrogen (secondary N) is 1. The molecule has 1 heterocycles. The molecule has 1 N–H and O–H groups in total. The molecule has 0 spiro atoms. The number of hydrogen-bond acceptors (Lipinski definition) is 2. The van der Waals surface area contributed by atoms with Crippen molar-refractivity contribution in [3.05, 3.63) is 0 Å². The molecule has 0 aromatic rings. The molecule has 1 aliphatic carbocycles. The Balaban J connectivity index is 2.01. The highest BCUT2D eigenvalue weighted by molar-refractivity contribution is 5.09. The summed E-state index contributed by atoms with van der Waals surface area (Å²) in [5.74, 6) is 0. The fraction of sp³-hybridized carbons (Fsp3) is 1.00. The van der Waals surface area contributed by atoms with Crippen LogP contribution in [0, 0.1) is 10.8 Å². The highest BCUT2D eigenvalue weighted by atomic mass is 16.5. The van der Waals surface area contributed by atoms with Gasteiger partial charge in [-0.3, -0.25) is 0 Å². The molecule has 2 aliphatic rings. The number of ether oxygens (including phenoxy) is 1. The van der Waals surface area contributed by atoms with Crippen molar-refractivity contribution < 1.29 is 4.74 Å². The summed E-state index contributed by atoms with van der Waals surface area (Å²) < 4.78 is 5.28. The lowest BCUT2D eigenvalue weighted by Crippen LogP contribution is -2.50. The van der Waals surface area contributed by atoms with Gasteiger partial charge in [0.25, 0.3) is 0 Å². The second-order valence-corrected chi connectivity index (χ2v) is 4.36. The Morgan fingerprint density at radius 3 is 2.27 bits per heavy atom. The van der Waals surface area contributed by atoms with Gasteiger partial charge in [0.05, 0.1) is 13.2 Å². The smallest absolute Gasteiger partial charge is 0.0547 e. The van der Waals surface area contributed by atoms with Gasteiger partial charge in [-0.15, -0.1) is 0 Å². The first kappa shape index (κ1) is 7.56. The van der Waals surface area contributed by atoms with E-state index in [2.05, 4.69) is 12.2 Å². The molecule has 0 bridgehead atoms. The zero-order valence-corrected chi connectivity index (χ0v) is 7.44. The predicted octanol–water partition coefficient (Wildman–Crippen LogP) is 1.02. The molecule has 0 amide bonds. The van der Waals surface area contributed by atoms with Crippen molar-refractivity contribution in [2.45, 2.75) is 19.8 Å². The maximum absolute atomic E-state index is 5.28. The summed E-state index contributed by atoms with van der Waals surface area (Å²) in [6.45, 7) is 5.50. The normalized spacial score (nSPS) is 31.1. The molecule has 11 heavy (non-hydrogen) atoms. The van der Waals surface area contributed by atoms with Crippen molar-refractivity contribution in [1.82, 2.24) is 5.32 Å². The molecule has 0 atom stereocenters. The summed E-state index contributed by atoms with van der Waals surface area (Å²) >= 11 is 0. The van der Waals surface area contributed by atoms with E-state index in [1.54, 1.807) is 0 Å². The molecule has 2 fully saturated rings. The molecule has 1 saturated carbocycles. The van der Waals surface area contributed by atoms with E-state index in [4.69, 9.17) is 4.74 Å². The maximum Gasteiger partial charge on any atom is 0.0547 e. The van der Waals surface area contributed by atoms with Gasteiger partial charge in [-0.1, -0.05) is 6.92 Å². The van der Waals surface area contributed by atoms with Crippen molar-refractivity contribution in [3.8, 4) is 0 Å². The van der Waals surface area contributed by atoms with E-state index < -0.39 is 0 Å². The Bertz CT molecular complexity index is 159. The zero-order chi connectivity index (χ0) is 7.95. The van der Waals surface area contributed by atoms with Crippen LogP contribution in [0.4, 0.5) is 0 Å². The zero-order valence-electron chi connectivity index (χ0n) is 7.44. The molecule has 1 saturated heterocycles. The Morgan fingerprint density at radius 1 is 1.36 bits per heavy atom. The maximum atomic E-state index is 5.28. The number of hydrogen-bond donors (Lipinski definition) is 1. The third-order valence-corrected chi connectivity index (χ3v) is 3.49. The summed E-state index contributed by atoms with van der Waals surface area (Å²) in [5.41, 5.74) is 1.09. The van der Waals surface area contributed by atoms with E-state index in [1.165, 1.54) is 19.4 Å². The van der Waals surface area contributed by atoms with Crippen LogP contribution in [0.1, 0.15) is 19.8 Å². The summed E-state index contributed by atoms with van der Waals surface area (Å²) in [6, 6.07) is 0. The van der Waals surface area contributed by atoms with Gasteiger partial charge in [0.2, 0.25) is 0 Å². The highest BCUT2D eigenvalue weighted by Gasteiger charge is 2.59. The molecule has 0 unspecified atom stereocenters. The van der Waals surface area contributed by atoms with Gasteiger partial charge in [-0.2, -0.15) is 0 Å². The van der Waals surface area contributed by atoms with E-state index in [1.807, 2.05) is 7.05 Å². The van der Waals surface area contributed by atoms with Gasteiger partial charge in [0.15, 0.2) is 0 Å². The molecule has 1 aliphatic heterocycles. The van der Waals surface area contributed by atoms with Crippen LogP contribution >= 0.6 is 0 Å². The molecule has 0 aromatic carbocycles. The Morgan fingerprint density at radius 2 is 2.00 bits per heavy atom. The van der Waals surface area contributed by atoms with E-state index in [0.29, 0.717) is 10.8 Å². The minimum absolute atomic E-state index is 0.496. The topological polar surface area (TPSA) is 21.3 Å². The molecule has 2 nitrogen and oxygen atoms in total. The Kier molecular flexibility index (Phi) is 1.52. The summed E-state index contributed by atoms with van der Waals surface area (Å²) in [7, 11) is 2.04. The molecular formula is C9H17NO. The third-order valence-electron chi connectivity index (χ3n) is 3.49. The van der Waals surface area contributed by atoms with Gasteiger partial charge in [-0.05, 0) is 25.3 Å². The van der Waals surface area contributed by atoms with Crippen molar-refractivity contribution >= 4 is 0 Å². The fourth-order valence-corrected chi connectivity index (χ4v) is 2.20. The van der Waals surface area contributed by atoms with E-state index in [9.17, 15) is 0 Å². The first-order valence-electron chi connectivity index (χ1n) is 4.45. The monoisotopic (exact) mass is 155 g/mol. The largest absolute Gasteiger partial charge is 0.380 e. The van der Waals surface area contributed by atoms with Crippen LogP contribution in [-0.4, -0.2) is 26.8 Å². The average Bonchev–Trinajstić information content (AvgIpc) is 2.65. The Hall–Kier alpha value is -0.0800. The average molecular weight is 155 g/mol. The molecular weight excluding hydrogens is 138 g/mol. The predicted molar refractivity (Wildman–Crippen MR) is 44.5 cm³/mol. The minimum atomic E-state index is 0.496. The van der Waals surface area contributed by atoms with E-state index in [0.717, 1.165) is 13.2 Å². The Labute approximate surface area is 68.3 Å². The SMILES string of the molecule is CNCC1(C2(C)COC2)CC1. The lowest BCUT2D eigenvalue weighted by atomic mass is 9.72. The third kappa shape index (κ3) is 0.926. The van der Waals surface area contributed by atoms with Gasteiger partial charge in [0, 0.05) is 12.0 Å². The summed E-state index contributed by atoms with van der Waals surface area (Å²) in [4.78, 5) is 0. The first-order valence-corrected chi connectivity index (χ1v) is 4.45. The van der Waals surface area contributed by atoms with Gasteiger partial charge in [0.1, 0.15) is 0 Å². The molecule has 0 radical (unpaired) electrons. The van der Waals surface area contributed by atoms with Crippen LogP contribution in [0.15, 0.2) is 0 Å². The lowest BCUT2D eigenvalue weighted by molar-refractivity contribution is -0.142. The second-order valence-electron chi connectivity index (χ2n) is 4.36. The van der Waals surface area contributed by atoms with E-state index in [-0.39, 0.29) is 0 Å². The highest BCUT2D eigenvalue weighted by Crippen LogP contribution is 2.60. The van der Waals surface area contributed by atoms with Crippen LogP contribution in [0.2, 0.25) is 0 Å². The lowest BCUT2D eigenvalue weighted by Gasteiger charge is -2.45. The van der Waals surface area contributed by atoms with Crippen molar-refractivity contribution in [1.29, 1.82) is 0 Å². The van der Waals surface area contributed by atoms with Crippen molar-refractivity contribution in [2.24, 2.45) is 10.8 Å². The van der Waals surface area contributed by atoms with Crippen LogP contribution in [0.5, 0.6) is 0 Å². The van der Waals surface area contributed by atoms with Crippen LogP contribution in [-0.2, 0) is 4.74 Å². The van der Waals surface area contributed by atoms with Crippen molar-refractivity contribution in [2.75, 3.05) is 26.8 Å². The molecule has 64 valence electrons. The summed E-state index contributed by atoms with van der Waals surface area (Å²) in [5, 5.41) is 3.29. The van der Waals surface area contributed by atoms with E-state index >= 15 is 0 Å². The molecule has 2 heteroatoms. The van der Waals surface area contributed by atoms with Crippen LogP contribution in [0.3, 0.4) is 0 Å². The second kappa shape index (κ2) is 2.20. The van der Waals surface area contributed by atoms with Crippen LogP contribution in [0.25, 0.3) is 0 Å². The fourth-order valence-electron chi connectivity index (χ4n) is 2.20. The number of rotatable bonds is 3. The van der Waals surface area contributed by atoms with Gasteiger partial charge in [-0.25, -0.2) is 0 Å². The standard InChI is InChI=1S/C9H17NO/c1-8(6-11-7-8)9(3-4-9)5-10-2/h10H,3-7H2,1-2H3. The summed E-state index contributed by atoms with van der Waals surface area (Å²) in [6.07, 6.45) is 2.79. The molecule has 0 aromatic heterocycles. The van der Waals surface area contributed by atoms with Crippen molar-refractivity contribution in [3.63, 3.8) is 0 Å². The minimum Gasteiger partial charge on any atom is -0.380 e. The quantitative estimate of drug-likeness (QED) is 0.657.